The van der Waals surface area contributed by atoms with E-state index in [2.05, 4.69) is 5.10 Å². The topological polar surface area (TPSA) is 38.1 Å². The van der Waals surface area contributed by atoms with E-state index in [-0.39, 0.29) is 23.6 Å². The number of alkyl halides is 1. The van der Waals surface area contributed by atoms with Gasteiger partial charge < -0.3 is 4.90 Å². The third kappa shape index (κ3) is 3.47. The average Bonchev–Trinajstić information content (AvgIpc) is 2.93. The summed E-state index contributed by atoms with van der Waals surface area (Å²) in [5, 5.41) is 4.27. The number of anilines is 1. The first-order valence-electron chi connectivity index (χ1n) is 7.09. The Labute approximate surface area is 134 Å². The number of halogens is 2. The van der Waals surface area contributed by atoms with Crippen molar-refractivity contribution in [2.45, 2.75) is 33.4 Å². The van der Waals surface area contributed by atoms with Crippen LogP contribution in [0.4, 0.5) is 10.1 Å². The molecule has 118 valence electrons. The molecule has 0 fully saturated rings. The molecule has 0 radical (unpaired) electrons. The highest BCUT2D eigenvalue weighted by Crippen LogP contribution is 2.24. The summed E-state index contributed by atoms with van der Waals surface area (Å²) in [4.78, 5) is 13.8. The summed E-state index contributed by atoms with van der Waals surface area (Å²) < 4.78 is 15.2. The number of nitrogens with zero attached hydrogens (tertiary/aromatic N) is 3. The van der Waals surface area contributed by atoms with Gasteiger partial charge in [0.1, 0.15) is 11.7 Å². The maximum atomic E-state index is 13.3. The fourth-order valence-corrected chi connectivity index (χ4v) is 2.54. The molecule has 0 spiro atoms. The Hall–Kier alpha value is -1.88. The molecule has 1 amide bonds. The van der Waals surface area contributed by atoms with Gasteiger partial charge in [-0.1, -0.05) is 0 Å². The number of carbonyl (C=O) groups excluding carboxylic acids is 1. The molecule has 0 unspecified atom stereocenters. The summed E-state index contributed by atoms with van der Waals surface area (Å²) in [6.45, 7) is 6.16. The van der Waals surface area contributed by atoms with Crippen molar-refractivity contribution in [3.05, 3.63) is 47.5 Å². The number of aromatic nitrogens is 2. The molecular weight excluding hydrogens is 305 g/mol. The lowest BCUT2D eigenvalue weighted by Crippen LogP contribution is -2.33. The summed E-state index contributed by atoms with van der Waals surface area (Å²) in [6, 6.07) is 6.41. The molecule has 1 heterocycles. The normalized spacial score (nSPS) is 11.0. The molecule has 0 N–H and O–H groups in total. The van der Waals surface area contributed by atoms with E-state index >= 15 is 0 Å². The molecule has 0 aliphatic heterocycles. The minimum Gasteiger partial charge on any atom is -0.305 e. The SMILES string of the molecule is Cc1cc(F)ccc1N(Cc1ccnn1C(C)C)C(=O)CCl. The predicted octanol–water partition coefficient (Wildman–Crippen LogP) is 3.68. The van der Waals surface area contributed by atoms with Crippen molar-refractivity contribution in [2.24, 2.45) is 0 Å². The van der Waals surface area contributed by atoms with Gasteiger partial charge in [0.25, 0.3) is 0 Å². The number of benzene rings is 1. The zero-order chi connectivity index (χ0) is 16.3. The largest absolute Gasteiger partial charge is 0.305 e. The van der Waals surface area contributed by atoms with Crippen LogP contribution in [0.15, 0.2) is 30.5 Å². The van der Waals surface area contributed by atoms with Crippen LogP contribution in [0.3, 0.4) is 0 Å². The van der Waals surface area contributed by atoms with Gasteiger partial charge >= 0.3 is 0 Å². The Morgan fingerprint density at radius 2 is 2.14 bits per heavy atom. The van der Waals surface area contributed by atoms with E-state index in [9.17, 15) is 9.18 Å². The smallest absolute Gasteiger partial charge is 0.242 e. The van der Waals surface area contributed by atoms with Gasteiger partial charge in [-0.3, -0.25) is 9.48 Å². The first-order chi connectivity index (χ1) is 10.4. The third-order valence-corrected chi connectivity index (χ3v) is 3.66. The fourth-order valence-electron chi connectivity index (χ4n) is 2.40. The van der Waals surface area contributed by atoms with Crippen LogP contribution >= 0.6 is 11.6 Å². The molecule has 0 saturated heterocycles. The lowest BCUT2D eigenvalue weighted by molar-refractivity contribution is -0.116. The van der Waals surface area contributed by atoms with Crippen molar-refractivity contribution < 1.29 is 9.18 Å². The first-order valence-corrected chi connectivity index (χ1v) is 7.62. The summed E-state index contributed by atoms with van der Waals surface area (Å²) in [6.07, 6.45) is 1.70. The molecule has 22 heavy (non-hydrogen) atoms. The highest BCUT2D eigenvalue weighted by molar-refractivity contribution is 6.29. The standard InChI is InChI=1S/C16H19ClFN3O/c1-11(2)21-14(6-7-19-21)10-20(16(22)9-17)15-5-4-13(18)8-12(15)3/h4-8,11H,9-10H2,1-3H3. The van der Waals surface area contributed by atoms with E-state index in [0.29, 0.717) is 17.8 Å². The van der Waals surface area contributed by atoms with Crippen LogP contribution in [0.25, 0.3) is 0 Å². The van der Waals surface area contributed by atoms with Crippen molar-refractivity contribution in [1.82, 2.24) is 9.78 Å². The van der Waals surface area contributed by atoms with Crippen molar-refractivity contribution in [3.8, 4) is 0 Å². The van der Waals surface area contributed by atoms with Gasteiger partial charge in [-0.25, -0.2) is 4.39 Å². The van der Waals surface area contributed by atoms with Gasteiger partial charge in [-0.15, -0.1) is 11.6 Å². The van der Waals surface area contributed by atoms with Gasteiger partial charge in [0, 0.05) is 17.9 Å². The Bertz CT molecular complexity index is 669. The van der Waals surface area contributed by atoms with E-state index in [1.807, 2.05) is 24.6 Å². The zero-order valence-corrected chi connectivity index (χ0v) is 13.6. The molecule has 0 bridgehead atoms. The Morgan fingerprint density at radius 1 is 1.41 bits per heavy atom. The van der Waals surface area contributed by atoms with Gasteiger partial charge in [0.2, 0.25) is 5.91 Å². The predicted molar refractivity (Wildman–Crippen MR) is 85.7 cm³/mol. The minimum absolute atomic E-state index is 0.132. The van der Waals surface area contributed by atoms with E-state index in [1.165, 1.54) is 12.1 Å². The number of hydrogen-bond acceptors (Lipinski definition) is 2. The second-order valence-electron chi connectivity index (χ2n) is 5.41. The third-order valence-electron chi connectivity index (χ3n) is 3.43. The van der Waals surface area contributed by atoms with E-state index in [0.717, 1.165) is 5.69 Å². The summed E-state index contributed by atoms with van der Waals surface area (Å²) >= 11 is 5.74. The molecule has 2 rings (SSSR count). The number of hydrogen-bond donors (Lipinski definition) is 0. The Kier molecular flexibility index (Phi) is 5.19. The lowest BCUT2D eigenvalue weighted by atomic mass is 10.1. The van der Waals surface area contributed by atoms with Gasteiger partial charge in [0.15, 0.2) is 0 Å². The molecule has 0 saturated carbocycles. The van der Waals surface area contributed by atoms with Crippen LogP contribution in [-0.4, -0.2) is 21.6 Å². The number of rotatable bonds is 5. The number of carbonyl (C=O) groups is 1. The van der Waals surface area contributed by atoms with Crippen molar-refractivity contribution >= 4 is 23.2 Å². The van der Waals surface area contributed by atoms with Crippen LogP contribution in [0, 0.1) is 12.7 Å². The van der Waals surface area contributed by atoms with Crippen LogP contribution in [-0.2, 0) is 11.3 Å². The maximum Gasteiger partial charge on any atom is 0.242 e. The summed E-state index contributed by atoms with van der Waals surface area (Å²) in [5.74, 6) is -0.688. The average molecular weight is 324 g/mol. The van der Waals surface area contributed by atoms with Crippen molar-refractivity contribution in [1.29, 1.82) is 0 Å². The molecule has 1 aromatic heterocycles. The molecule has 4 nitrogen and oxygen atoms in total. The Balaban J connectivity index is 2.38. The van der Waals surface area contributed by atoms with Gasteiger partial charge in [-0.2, -0.15) is 5.10 Å². The van der Waals surface area contributed by atoms with E-state index in [1.54, 1.807) is 24.1 Å². The molecular formula is C16H19ClFN3O. The highest BCUT2D eigenvalue weighted by Gasteiger charge is 2.19. The van der Waals surface area contributed by atoms with Crippen LogP contribution in [0.2, 0.25) is 0 Å². The second-order valence-corrected chi connectivity index (χ2v) is 5.67. The number of aryl methyl sites for hydroxylation is 1. The van der Waals surface area contributed by atoms with E-state index < -0.39 is 0 Å². The van der Waals surface area contributed by atoms with Gasteiger partial charge in [0.05, 0.1) is 12.2 Å². The maximum absolute atomic E-state index is 13.3. The lowest BCUT2D eigenvalue weighted by Gasteiger charge is -2.25. The Morgan fingerprint density at radius 3 is 2.73 bits per heavy atom. The molecule has 1 aromatic carbocycles. The molecule has 2 aromatic rings. The molecule has 0 atom stereocenters. The van der Waals surface area contributed by atoms with Crippen LogP contribution in [0.5, 0.6) is 0 Å². The monoisotopic (exact) mass is 323 g/mol. The summed E-state index contributed by atoms with van der Waals surface area (Å²) in [7, 11) is 0. The zero-order valence-electron chi connectivity index (χ0n) is 12.9. The van der Waals surface area contributed by atoms with E-state index in [4.69, 9.17) is 11.6 Å². The van der Waals surface area contributed by atoms with Crippen LogP contribution < -0.4 is 4.90 Å². The second kappa shape index (κ2) is 6.92. The first kappa shape index (κ1) is 16.5. The summed E-state index contributed by atoms with van der Waals surface area (Å²) in [5.41, 5.74) is 2.25. The molecule has 0 aliphatic rings. The molecule has 6 heteroatoms. The minimum atomic E-state index is -0.327. The fraction of sp³-hybridized carbons (Fsp3) is 0.375. The van der Waals surface area contributed by atoms with Crippen molar-refractivity contribution in [3.63, 3.8) is 0 Å². The molecule has 0 aliphatic carbocycles. The van der Waals surface area contributed by atoms with Gasteiger partial charge in [-0.05, 0) is 50.6 Å². The van der Waals surface area contributed by atoms with Crippen molar-refractivity contribution in [2.75, 3.05) is 10.8 Å². The number of amides is 1. The van der Waals surface area contributed by atoms with Crippen LogP contribution in [0.1, 0.15) is 31.1 Å². The quantitative estimate of drug-likeness (QED) is 0.787. The highest BCUT2D eigenvalue weighted by atomic mass is 35.5.